The predicted molar refractivity (Wildman–Crippen MR) is 76.3 cm³/mol. The van der Waals surface area contributed by atoms with E-state index in [9.17, 15) is 13.2 Å². The highest BCUT2D eigenvalue weighted by molar-refractivity contribution is 9.42. The average Bonchev–Trinajstić information content (AvgIpc) is 2.25. The Morgan fingerprint density at radius 1 is 1.28 bits per heavy atom. The van der Waals surface area contributed by atoms with Gasteiger partial charge in [-0.05, 0) is 59.9 Å². The van der Waals surface area contributed by atoms with Gasteiger partial charge in [-0.3, -0.25) is 0 Å². The van der Waals surface area contributed by atoms with Gasteiger partial charge in [-0.15, -0.1) is 0 Å². The number of carboxylic acids is 1. The van der Waals surface area contributed by atoms with Gasteiger partial charge in [0.2, 0.25) is 11.3 Å². The lowest BCUT2D eigenvalue weighted by Gasteiger charge is -2.16. The minimum Gasteiger partial charge on any atom is -0.481 e. The highest BCUT2D eigenvalue weighted by Gasteiger charge is 2.39. The SMILES string of the molecule is O=C(O)COc1ccccc1S(=O)(=O)C(Br)(Br)Br. The van der Waals surface area contributed by atoms with Crippen LogP contribution < -0.4 is 4.74 Å². The molecule has 0 fully saturated rings. The number of para-hydroxylation sites is 1. The normalized spacial score (nSPS) is 12.2. The average molecular weight is 467 g/mol. The molecule has 1 N–H and O–H groups in total. The molecule has 1 aromatic carbocycles. The Bertz CT molecular complexity index is 550. The molecule has 0 bridgehead atoms. The molecule has 0 aliphatic rings. The molecule has 0 saturated heterocycles. The summed E-state index contributed by atoms with van der Waals surface area (Å²) in [5.41, 5.74) is 0. The standard InChI is InChI=1S/C9H7Br3O5S/c10-9(11,12)18(15,16)7-4-2-1-3-6(7)17-5-8(13)14/h1-4H,5H2,(H,13,14). The molecule has 5 nitrogen and oxygen atoms in total. The number of alkyl halides is 3. The van der Waals surface area contributed by atoms with Crippen molar-refractivity contribution < 1.29 is 23.1 Å². The van der Waals surface area contributed by atoms with Crippen molar-refractivity contribution in [2.45, 2.75) is 6.37 Å². The number of aliphatic carboxylic acids is 1. The molecule has 0 aliphatic heterocycles. The fourth-order valence-electron chi connectivity index (χ4n) is 1.06. The first kappa shape index (κ1) is 15.9. The van der Waals surface area contributed by atoms with Crippen LogP contribution in [0.2, 0.25) is 0 Å². The minimum absolute atomic E-state index is 0.0253. The van der Waals surface area contributed by atoms with Gasteiger partial charge in [0.05, 0.1) is 0 Å². The van der Waals surface area contributed by atoms with Crippen molar-refractivity contribution in [1.29, 1.82) is 0 Å². The van der Waals surface area contributed by atoms with Crippen LogP contribution in [0.15, 0.2) is 29.2 Å². The molecule has 0 amide bonds. The van der Waals surface area contributed by atoms with Gasteiger partial charge in [-0.25, -0.2) is 13.2 Å². The van der Waals surface area contributed by atoms with Gasteiger partial charge in [0, 0.05) is 0 Å². The Morgan fingerprint density at radius 3 is 2.33 bits per heavy atom. The molecule has 0 spiro atoms. The Morgan fingerprint density at radius 2 is 1.83 bits per heavy atom. The third-order valence-corrected chi connectivity index (χ3v) is 7.16. The number of hydrogen-bond donors (Lipinski definition) is 1. The number of benzene rings is 1. The molecule has 0 aromatic heterocycles. The van der Waals surface area contributed by atoms with Crippen molar-refractivity contribution in [3.8, 4) is 5.75 Å². The van der Waals surface area contributed by atoms with E-state index in [1.807, 2.05) is 0 Å². The lowest BCUT2D eigenvalue weighted by molar-refractivity contribution is -0.139. The molecule has 1 rings (SSSR count). The summed E-state index contributed by atoms with van der Waals surface area (Å²) < 4.78 is 27.7. The van der Waals surface area contributed by atoms with Crippen LogP contribution in [-0.4, -0.2) is 27.6 Å². The van der Waals surface area contributed by atoms with Crippen LogP contribution in [0.1, 0.15) is 0 Å². The molecule has 0 unspecified atom stereocenters. The highest BCUT2D eigenvalue weighted by Crippen LogP contribution is 2.45. The largest absolute Gasteiger partial charge is 0.481 e. The van der Waals surface area contributed by atoms with Crippen molar-refractivity contribution in [2.24, 2.45) is 0 Å². The quantitative estimate of drug-likeness (QED) is 0.690. The molecule has 0 aliphatic carbocycles. The second-order valence-electron chi connectivity index (χ2n) is 3.08. The number of halogens is 3. The zero-order valence-corrected chi connectivity index (χ0v) is 14.2. The van der Waals surface area contributed by atoms with Gasteiger partial charge in [0.15, 0.2) is 6.61 Å². The Hall–Kier alpha value is -0.120. The van der Waals surface area contributed by atoms with E-state index in [1.165, 1.54) is 18.2 Å². The van der Waals surface area contributed by atoms with Crippen molar-refractivity contribution in [3.05, 3.63) is 24.3 Å². The zero-order valence-electron chi connectivity index (χ0n) is 8.64. The Kier molecular flexibility index (Phi) is 5.22. The first-order valence-electron chi connectivity index (χ1n) is 4.41. The van der Waals surface area contributed by atoms with E-state index >= 15 is 0 Å². The lowest BCUT2D eigenvalue weighted by Crippen LogP contribution is -2.19. The number of carbonyl (C=O) groups is 1. The fourth-order valence-corrected chi connectivity index (χ4v) is 3.52. The topological polar surface area (TPSA) is 80.7 Å². The minimum atomic E-state index is -3.82. The van der Waals surface area contributed by atoms with E-state index < -0.39 is 23.9 Å². The number of rotatable bonds is 4. The summed E-state index contributed by atoms with van der Waals surface area (Å²) in [6.07, 6.45) is 0. The fraction of sp³-hybridized carbons (Fsp3) is 0.222. The van der Waals surface area contributed by atoms with Crippen LogP contribution in [0.4, 0.5) is 0 Å². The maximum atomic E-state index is 12.2. The van der Waals surface area contributed by atoms with Gasteiger partial charge in [-0.2, -0.15) is 0 Å². The smallest absolute Gasteiger partial charge is 0.341 e. The zero-order chi connectivity index (χ0) is 14.0. The maximum absolute atomic E-state index is 12.2. The molecule has 100 valence electrons. The molecular weight excluding hydrogens is 460 g/mol. The molecule has 0 radical (unpaired) electrons. The number of ether oxygens (including phenoxy) is 1. The van der Waals surface area contributed by atoms with Crippen LogP contribution in [0.25, 0.3) is 0 Å². The predicted octanol–water partition coefficient (Wildman–Crippen LogP) is 2.72. The molecule has 0 atom stereocenters. The van der Waals surface area contributed by atoms with Crippen molar-refractivity contribution in [3.63, 3.8) is 0 Å². The van der Waals surface area contributed by atoms with Gasteiger partial charge in [0.1, 0.15) is 10.6 Å². The van der Waals surface area contributed by atoms with E-state index in [0.29, 0.717) is 0 Å². The lowest BCUT2D eigenvalue weighted by atomic mass is 10.3. The van der Waals surface area contributed by atoms with E-state index in [0.717, 1.165) is 0 Å². The first-order chi connectivity index (χ1) is 8.16. The molecule has 1 aromatic rings. The molecule has 18 heavy (non-hydrogen) atoms. The van der Waals surface area contributed by atoms with Crippen LogP contribution in [0.5, 0.6) is 5.75 Å². The van der Waals surface area contributed by atoms with Crippen molar-refractivity contribution >= 4 is 63.6 Å². The van der Waals surface area contributed by atoms with Crippen molar-refractivity contribution in [1.82, 2.24) is 0 Å². The van der Waals surface area contributed by atoms with Crippen LogP contribution in [0.3, 0.4) is 0 Å². The molecule has 0 saturated carbocycles. The van der Waals surface area contributed by atoms with Gasteiger partial charge in [0.25, 0.3) is 0 Å². The van der Waals surface area contributed by atoms with Gasteiger partial charge in [-0.1, -0.05) is 12.1 Å². The number of carboxylic acid groups (broad SMARTS) is 1. The summed E-state index contributed by atoms with van der Waals surface area (Å²) in [5.74, 6) is -1.22. The van der Waals surface area contributed by atoms with E-state index in [4.69, 9.17) is 9.84 Å². The highest BCUT2D eigenvalue weighted by atomic mass is 80.0. The molecule has 9 heteroatoms. The first-order valence-corrected chi connectivity index (χ1v) is 8.27. The van der Waals surface area contributed by atoms with Gasteiger partial charge >= 0.3 is 5.97 Å². The summed E-state index contributed by atoms with van der Waals surface area (Å²) in [7, 11) is -3.82. The summed E-state index contributed by atoms with van der Waals surface area (Å²) in [6.45, 7) is -0.619. The summed E-state index contributed by atoms with van der Waals surface area (Å²) in [4.78, 5) is 10.3. The van der Waals surface area contributed by atoms with Crippen LogP contribution in [0, 0.1) is 0 Å². The molecular formula is C9H7Br3O5S. The summed E-state index contributed by atoms with van der Waals surface area (Å²) >= 11 is 8.77. The van der Waals surface area contributed by atoms with Crippen LogP contribution in [-0.2, 0) is 14.6 Å². The Labute approximate surface area is 129 Å². The maximum Gasteiger partial charge on any atom is 0.341 e. The van der Waals surface area contributed by atoms with Crippen LogP contribution >= 0.6 is 47.8 Å². The Balaban J connectivity index is 3.22. The summed E-state index contributed by atoms with van der Waals surface area (Å²) in [5, 5.41) is 8.53. The monoisotopic (exact) mass is 464 g/mol. The van der Waals surface area contributed by atoms with E-state index in [-0.39, 0.29) is 10.6 Å². The second-order valence-corrected chi connectivity index (χ2v) is 13.5. The van der Waals surface area contributed by atoms with E-state index in [2.05, 4.69) is 47.8 Å². The third kappa shape index (κ3) is 3.69. The van der Waals surface area contributed by atoms with Crippen molar-refractivity contribution in [2.75, 3.05) is 6.61 Å². The number of sulfone groups is 1. The third-order valence-electron chi connectivity index (χ3n) is 1.79. The molecule has 0 heterocycles. The van der Waals surface area contributed by atoms with Gasteiger partial charge < -0.3 is 9.84 Å². The van der Waals surface area contributed by atoms with E-state index in [1.54, 1.807) is 6.07 Å². The second kappa shape index (κ2) is 5.89. The summed E-state index contributed by atoms with van der Waals surface area (Å²) in [6, 6.07) is 5.77. The number of hydrogen-bond acceptors (Lipinski definition) is 4.